The molecule has 3 rings (SSSR count). The SMILES string of the molecule is CNC(=O)[C@@H]1C[C@@H]2OCC[C@@H]2N(Cc2ccc(C)o2)C1. The predicted molar refractivity (Wildman–Crippen MR) is 74.2 cm³/mol. The molecule has 0 saturated carbocycles. The third kappa shape index (κ3) is 2.60. The Kier molecular flexibility index (Phi) is 3.81. The van der Waals surface area contributed by atoms with Gasteiger partial charge in [0.25, 0.3) is 0 Å². The summed E-state index contributed by atoms with van der Waals surface area (Å²) >= 11 is 0. The first kappa shape index (κ1) is 13.6. The van der Waals surface area contributed by atoms with Crippen molar-refractivity contribution in [3.05, 3.63) is 23.7 Å². The summed E-state index contributed by atoms with van der Waals surface area (Å²) in [6.07, 6.45) is 2.06. The van der Waals surface area contributed by atoms with Crippen LogP contribution in [0.25, 0.3) is 0 Å². The molecular formula is C15H22N2O3. The van der Waals surface area contributed by atoms with Crippen molar-refractivity contribution in [3.8, 4) is 0 Å². The zero-order valence-corrected chi connectivity index (χ0v) is 12.1. The first-order valence-electron chi connectivity index (χ1n) is 7.30. The number of furan rings is 1. The van der Waals surface area contributed by atoms with E-state index in [1.54, 1.807) is 7.05 Å². The molecule has 0 radical (unpaired) electrons. The highest BCUT2D eigenvalue weighted by atomic mass is 16.5. The number of aryl methyl sites for hydroxylation is 1. The van der Waals surface area contributed by atoms with Crippen molar-refractivity contribution in [3.63, 3.8) is 0 Å². The highest BCUT2D eigenvalue weighted by Crippen LogP contribution is 2.32. The lowest BCUT2D eigenvalue weighted by Gasteiger charge is -2.39. The second-order valence-electron chi connectivity index (χ2n) is 5.75. The quantitative estimate of drug-likeness (QED) is 0.906. The zero-order valence-electron chi connectivity index (χ0n) is 12.1. The molecule has 1 N–H and O–H groups in total. The molecule has 2 saturated heterocycles. The number of hydrogen-bond donors (Lipinski definition) is 1. The average molecular weight is 278 g/mol. The number of hydrogen-bond acceptors (Lipinski definition) is 4. The van der Waals surface area contributed by atoms with Crippen LogP contribution >= 0.6 is 0 Å². The number of nitrogens with one attached hydrogen (secondary N) is 1. The maximum absolute atomic E-state index is 11.9. The van der Waals surface area contributed by atoms with E-state index < -0.39 is 0 Å². The number of piperidine rings is 1. The molecule has 1 aromatic rings. The predicted octanol–water partition coefficient (Wildman–Crippen LogP) is 1.31. The van der Waals surface area contributed by atoms with Gasteiger partial charge in [0.05, 0.1) is 18.6 Å². The molecule has 2 aliphatic heterocycles. The molecule has 0 aliphatic carbocycles. The summed E-state index contributed by atoms with van der Waals surface area (Å²) in [5.74, 6) is 2.01. The first-order chi connectivity index (χ1) is 9.67. The summed E-state index contributed by atoms with van der Waals surface area (Å²) in [6.45, 7) is 4.29. The normalized spacial score (nSPS) is 30.2. The van der Waals surface area contributed by atoms with E-state index in [4.69, 9.17) is 9.15 Å². The van der Waals surface area contributed by atoms with E-state index in [1.807, 2.05) is 19.1 Å². The summed E-state index contributed by atoms with van der Waals surface area (Å²) < 4.78 is 11.5. The van der Waals surface area contributed by atoms with E-state index in [0.29, 0.717) is 6.04 Å². The van der Waals surface area contributed by atoms with Crippen molar-refractivity contribution < 1.29 is 13.9 Å². The Bertz CT molecular complexity index is 485. The molecule has 0 unspecified atom stereocenters. The molecule has 0 spiro atoms. The van der Waals surface area contributed by atoms with Gasteiger partial charge < -0.3 is 14.5 Å². The molecule has 1 amide bonds. The molecule has 110 valence electrons. The van der Waals surface area contributed by atoms with Crippen molar-refractivity contribution in [2.75, 3.05) is 20.2 Å². The standard InChI is InChI=1S/C15H22N2O3/c1-10-3-4-12(20-10)9-17-8-11(15(18)16-2)7-14-13(17)5-6-19-14/h3-4,11,13-14H,5-9H2,1-2H3,(H,16,18)/t11-,13+,14+/m1/s1. The van der Waals surface area contributed by atoms with Gasteiger partial charge in [-0.1, -0.05) is 0 Å². The average Bonchev–Trinajstić information content (AvgIpc) is 3.06. The van der Waals surface area contributed by atoms with Crippen molar-refractivity contribution in [1.82, 2.24) is 10.2 Å². The lowest BCUT2D eigenvalue weighted by molar-refractivity contribution is -0.129. The molecule has 1 aromatic heterocycles. The number of rotatable bonds is 3. The minimum Gasteiger partial charge on any atom is -0.465 e. The maximum Gasteiger partial charge on any atom is 0.224 e. The van der Waals surface area contributed by atoms with Crippen LogP contribution in [0, 0.1) is 12.8 Å². The van der Waals surface area contributed by atoms with Crippen LogP contribution in [0.3, 0.4) is 0 Å². The fourth-order valence-corrected chi connectivity index (χ4v) is 3.40. The lowest BCUT2D eigenvalue weighted by Crippen LogP contribution is -2.52. The fraction of sp³-hybridized carbons (Fsp3) is 0.667. The van der Waals surface area contributed by atoms with Crippen LogP contribution < -0.4 is 5.32 Å². The second-order valence-corrected chi connectivity index (χ2v) is 5.75. The summed E-state index contributed by atoms with van der Waals surface area (Å²) in [5.41, 5.74) is 0. The zero-order chi connectivity index (χ0) is 14.1. The van der Waals surface area contributed by atoms with Gasteiger partial charge in [-0.25, -0.2) is 0 Å². The Labute approximate surface area is 119 Å². The first-order valence-corrected chi connectivity index (χ1v) is 7.30. The van der Waals surface area contributed by atoms with Crippen LogP contribution in [0.2, 0.25) is 0 Å². The van der Waals surface area contributed by atoms with Crippen LogP contribution in [-0.2, 0) is 16.1 Å². The molecule has 2 fully saturated rings. The van der Waals surface area contributed by atoms with Crippen molar-refractivity contribution in [2.24, 2.45) is 5.92 Å². The molecule has 5 nitrogen and oxygen atoms in total. The fourth-order valence-electron chi connectivity index (χ4n) is 3.40. The van der Waals surface area contributed by atoms with E-state index in [9.17, 15) is 4.79 Å². The maximum atomic E-state index is 11.9. The van der Waals surface area contributed by atoms with Crippen LogP contribution in [0.5, 0.6) is 0 Å². The number of nitrogens with zero attached hydrogens (tertiary/aromatic N) is 1. The second kappa shape index (κ2) is 5.58. The van der Waals surface area contributed by atoms with Crippen LogP contribution in [-0.4, -0.2) is 43.2 Å². The topological polar surface area (TPSA) is 54.7 Å². The Morgan fingerprint density at radius 3 is 3.05 bits per heavy atom. The summed E-state index contributed by atoms with van der Waals surface area (Å²) in [7, 11) is 1.70. The van der Waals surface area contributed by atoms with Crippen molar-refractivity contribution in [2.45, 2.75) is 38.5 Å². The molecule has 0 aromatic carbocycles. The van der Waals surface area contributed by atoms with Gasteiger partial charge in [-0.05, 0) is 31.9 Å². The Morgan fingerprint density at radius 1 is 1.50 bits per heavy atom. The van der Waals surface area contributed by atoms with Crippen LogP contribution in [0.15, 0.2) is 16.5 Å². The number of carbonyl (C=O) groups excluding carboxylic acids is 1. The highest BCUT2D eigenvalue weighted by molar-refractivity contribution is 5.78. The van der Waals surface area contributed by atoms with Gasteiger partial charge in [0.15, 0.2) is 0 Å². The summed E-state index contributed by atoms with van der Waals surface area (Å²) in [5, 5.41) is 2.76. The largest absolute Gasteiger partial charge is 0.465 e. The van der Waals surface area contributed by atoms with Gasteiger partial charge in [0.1, 0.15) is 11.5 Å². The minimum atomic E-state index is 0.00964. The van der Waals surface area contributed by atoms with Crippen LogP contribution in [0.1, 0.15) is 24.4 Å². The monoisotopic (exact) mass is 278 g/mol. The van der Waals surface area contributed by atoms with Gasteiger partial charge in [0.2, 0.25) is 5.91 Å². The molecule has 5 heteroatoms. The van der Waals surface area contributed by atoms with E-state index in [1.165, 1.54) is 0 Å². The molecule has 3 heterocycles. The molecular weight excluding hydrogens is 256 g/mol. The number of fused-ring (bicyclic) bond motifs is 1. The van der Waals surface area contributed by atoms with Gasteiger partial charge in [-0.3, -0.25) is 9.69 Å². The number of likely N-dealkylation sites (tertiary alicyclic amines) is 1. The Hall–Kier alpha value is -1.33. The Balaban J connectivity index is 1.74. The lowest BCUT2D eigenvalue weighted by atomic mass is 9.89. The third-order valence-corrected chi connectivity index (χ3v) is 4.39. The number of carbonyl (C=O) groups is 1. The van der Waals surface area contributed by atoms with Crippen molar-refractivity contribution in [1.29, 1.82) is 0 Å². The van der Waals surface area contributed by atoms with Gasteiger partial charge in [-0.15, -0.1) is 0 Å². The Morgan fingerprint density at radius 2 is 2.35 bits per heavy atom. The van der Waals surface area contributed by atoms with E-state index in [2.05, 4.69) is 10.2 Å². The third-order valence-electron chi connectivity index (χ3n) is 4.39. The minimum absolute atomic E-state index is 0.00964. The summed E-state index contributed by atoms with van der Waals surface area (Å²) in [4.78, 5) is 14.3. The summed E-state index contributed by atoms with van der Waals surface area (Å²) in [6, 6.07) is 4.42. The van der Waals surface area contributed by atoms with Gasteiger partial charge >= 0.3 is 0 Å². The molecule has 20 heavy (non-hydrogen) atoms. The van der Waals surface area contributed by atoms with Crippen molar-refractivity contribution >= 4 is 5.91 Å². The van der Waals surface area contributed by atoms with Gasteiger partial charge in [-0.2, -0.15) is 0 Å². The number of ether oxygens (including phenoxy) is 1. The molecule has 0 bridgehead atoms. The molecule has 2 aliphatic rings. The highest BCUT2D eigenvalue weighted by Gasteiger charge is 2.42. The van der Waals surface area contributed by atoms with E-state index in [-0.39, 0.29) is 17.9 Å². The van der Waals surface area contributed by atoms with E-state index in [0.717, 1.165) is 44.1 Å². The number of amides is 1. The van der Waals surface area contributed by atoms with Gasteiger partial charge in [0, 0.05) is 26.2 Å². The van der Waals surface area contributed by atoms with Crippen LogP contribution in [0.4, 0.5) is 0 Å². The smallest absolute Gasteiger partial charge is 0.224 e. The molecule has 3 atom stereocenters. The van der Waals surface area contributed by atoms with E-state index >= 15 is 0 Å².